The molecule has 0 atom stereocenters. The normalized spacial score (nSPS) is 5.41. The van der Waals surface area contributed by atoms with Crippen molar-refractivity contribution in [2.24, 2.45) is 0 Å². The van der Waals surface area contributed by atoms with Crippen LogP contribution in [0, 0.1) is 0 Å². The smallest absolute Gasteiger partial charge is 0.400 e. The predicted molar refractivity (Wildman–Crippen MR) is 74.9 cm³/mol. The maximum Gasteiger partial charge on any atom is 2.00 e. The summed E-state index contributed by atoms with van der Waals surface area (Å²) in [5, 5.41) is 14.0. The molecule has 0 fully saturated rings. The van der Waals surface area contributed by atoms with E-state index in [0.29, 0.717) is 0 Å². The van der Waals surface area contributed by atoms with Crippen LogP contribution in [0.2, 0.25) is 0 Å². The van der Waals surface area contributed by atoms with Crippen LogP contribution in [0.5, 0.6) is 0 Å². The minimum Gasteiger partial charge on any atom is -0.400 e. The molecular weight excluding hydrogens is 295 g/mol. The van der Waals surface area contributed by atoms with Crippen LogP contribution < -0.4 is 0 Å². The number of halogens is 2. The molecule has 0 amide bonds. The van der Waals surface area contributed by atoms with Crippen molar-refractivity contribution < 1.29 is 31.9 Å². The molecule has 0 aliphatic carbocycles. The molecule has 98 valence electrons. The Morgan fingerprint density at radius 3 is 0.824 bits per heavy atom. The first-order valence-electron chi connectivity index (χ1n) is 4.23. The van der Waals surface area contributed by atoms with E-state index in [4.69, 9.17) is 10.2 Å². The topological polar surface area (TPSA) is 40.5 Å². The van der Waals surface area contributed by atoms with E-state index in [1.807, 2.05) is 60.7 Å². The van der Waals surface area contributed by atoms with Crippen LogP contribution in [-0.4, -0.2) is 24.4 Å². The van der Waals surface area contributed by atoms with Gasteiger partial charge >= 0.3 is 21.7 Å². The van der Waals surface area contributed by atoms with Gasteiger partial charge in [-0.25, -0.2) is 24.3 Å². The molecule has 0 heterocycles. The van der Waals surface area contributed by atoms with Gasteiger partial charge < -0.3 is 10.2 Å². The molecule has 0 spiro atoms. The van der Waals surface area contributed by atoms with Crippen molar-refractivity contribution in [3.63, 3.8) is 0 Å². The average molecular weight is 315 g/mol. The summed E-state index contributed by atoms with van der Waals surface area (Å²) in [5.41, 5.74) is 0. The summed E-state index contributed by atoms with van der Waals surface area (Å²) in [4.78, 5) is 0. The summed E-state index contributed by atoms with van der Waals surface area (Å²) >= 11 is 0. The van der Waals surface area contributed by atoms with Gasteiger partial charge in [0.2, 0.25) is 0 Å². The first-order chi connectivity index (χ1) is 7.00. The average Bonchev–Trinajstić information content (AvgIpc) is 3.01. The Bertz CT molecular complexity index is 162. The van der Waals surface area contributed by atoms with Gasteiger partial charge in [0.1, 0.15) is 0 Å². The standard InChI is InChI=1S/2C5H5.2CH4O.2ClH.Ti/c2*1-2-4-5-3-1;2*1-2;;;/h2*1-5H;2*2H,1H3;2*1H;/q2*-1;;;;;+2. The van der Waals surface area contributed by atoms with E-state index < -0.39 is 0 Å². The molecule has 0 radical (unpaired) electrons. The summed E-state index contributed by atoms with van der Waals surface area (Å²) in [5.74, 6) is 0. The van der Waals surface area contributed by atoms with E-state index >= 15 is 0 Å². The van der Waals surface area contributed by atoms with Gasteiger partial charge in [-0.15, -0.1) is 24.8 Å². The SMILES string of the molecule is CO.CO.Cl.Cl.[Ti+2].c1cc[cH-]c1.c1cc[cH-]c1. The summed E-state index contributed by atoms with van der Waals surface area (Å²) in [6, 6.07) is 20.0. The first-order valence-corrected chi connectivity index (χ1v) is 4.23. The largest absolute Gasteiger partial charge is 2.00 e. The van der Waals surface area contributed by atoms with E-state index in [-0.39, 0.29) is 46.5 Å². The second-order valence-corrected chi connectivity index (χ2v) is 1.92. The minimum absolute atomic E-state index is 0. The third kappa shape index (κ3) is 31.3. The quantitative estimate of drug-likeness (QED) is 0.580. The van der Waals surface area contributed by atoms with Crippen molar-refractivity contribution in [3.8, 4) is 0 Å². The predicted octanol–water partition coefficient (Wildman–Crippen LogP) is 2.87. The molecular formula is C12H20Cl2O2Ti. The second kappa shape index (κ2) is 36.0. The molecule has 2 N–H and O–H groups in total. The van der Waals surface area contributed by atoms with E-state index in [0.717, 1.165) is 14.2 Å². The minimum atomic E-state index is 0. The third-order valence-corrected chi connectivity index (χ3v) is 1.11. The first kappa shape index (κ1) is 30.2. The zero-order valence-electron chi connectivity index (χ0n) is 9.98. The van der Waals surface area contributed by atoms with E-state index in [1.54, 1.807) is 0 Å². The monoisotopic (exact) mass is 314 g/mol. The Morgan fingerprint density at radius 2 is 0.765 bits per heavy atom. The van der Waals surface area contributed by atoms with E-state index in [9.17, 15) is 0 Å². The maximum atomic E-state index is 7.00. The van der Waals surface area contributed by atoms with Crippen molar-refractivity contribution in [1.82, 2.24) is 0 Å². The van der Waals surface area contributed by atoms with Gasteiger partial charge in [-0.1, -0.05) is 0 Å². The van der Waals surface area contributed by atoms with Crippen LogP contribution in [0.25, 0.3) is 0 Å². The molecule has 5 heteroatoms. The molecule has 2 aromatic carbocycles. The van der Waals surface area contributed by atoms with Gasteiger partial charge in [0.25, 0.3) is 0 Å². The molecule has 17 heavy (non-hydrogen) atoms. The molecule has 0 unspecified atom stereocenters. The molecule has 0 saturated carbocycles. The third-order valence-electron chi connectivity index (χ3n) is 1.11. The zero-order valence-corrected chi connectivity index (χ0v) is 13.2. The van der Waals surface area contributed by atoms with Gasteiger partial charge in [0, 0.05) is 14.2 Å². The second-order valence-electron chi connectivity index (χ2n) is 1.92. The van der Waals surface area contributed by atoms with E-state index in [2.05, 4.69) is 0 Å². The fourth-order valence-electron chi connectivity index (χ4n) is 0.642. The Hall–Kier alpha value is -0.0857. The number of aliphatic hydroxyl groups excluding tert-OH is 2. The Morgan fingerprint density at radius 1 is 0.588 bits per heavy atom. The Kier molecular flexibility index (Phi) is 63.9. The number of hydrogen-bond donors (Lipinski definition) is 2. The molecule has 2 nitrogen and oxygen atoms in total. The molecule has 2 aromatic rings. The maximum absolute atomic E-state index is 7.00. The van der Waals surface area contributed by atoms with Crippen molar-refractivity contribution >= 4 is 24.8 Å². The van der Waals surface area contributed by atoms with Gasteiger partial charge in [0.05, 0.1) is 0 Å². The van der Waals surface area contributed by atoms with Crippen molar-refractivity contribution in [1.29, 1.82) is 0 Å². The molecule has 0 aliphatic heterocycles. The molecule has 2 rings (SSSR count). The summed E-state index contributed by atoms with van der Waals surface area (Å²) < 4.78 is 0. The molecule has 0 aliphatic rings. The summed E-state index contributed by atoms with van der Waals surface area (Å²) in [7, 11) is 2.00. The summed E-state index contributed by atoms with van der Waals surface area (Å²) in [6.07, 6.45) is 0. The van der Waals surface area contributed by atoms with Gasteiger partial charge in [-0.2, -0.15) is 36.4 Å². The van der Waals surface area contributed by atoms with Crippen molar-refractivity contribution in [2.75, 3.05) is 14.2 Å². The molecule has 0 aromatic heterocycles. The fourth-order valence-corrected chi connectivity index (χ4v) is 0.642. The molecule has 0 saturated heterocycles. The van der Waals surface area contributed by atoms with Crippen LogP contribution in [0.3, 0.4) is 0 Å². The van der Waals surface area contributed by atoms with Crippen LogP contribution in [-0.2, 0) is 21.7 Å². The van der Waals surface area contributed by atoms with Crippen LogP contribution in [0.4, 0.5) is 0 Å². The number of hydrogen-bond acceptors (Lipinski definition) is 2. The van der Waals surface area contributed by atoms with Crippen LogP contribution >= 0.6 is 24.8 Å². The number of rotatable bonds is 0. The van der Waals surface area contributed by atoms with Gasteiger partial charge in [-0.05, 0) is 0 Å². The van der Waals surface area contributed by atoms with Crippen molar-refractivity contribution in [2.45, 2.75) is 0 Å². The number of aliphatic hydroxyl groups is 2. The zero-order chi connectivity index (χ0) is 11.1. The van der Waals surface area contributed by atoms with E-state index in [1.165, 1.54) is 0 Å². The van der Waals surface area contributed by atoms with Crippen LogP contribution in [0.1, 0.15) is 0 Å². The van der Waals surface area contributed by atoms with Crippen molar-refractivity contribution in [3.05, 3.63) is 60.7 Å². The Balaban J connectivity index is -0.0000000387. The Labute approximate surface area is 131 Å². The fraction of sp³-hybridized carbons (Fsp3) is 0.167. The molecule has 0 bridgehead atoms. The van der Waals surface area contributed by atoms with Gasteiger partial charge in [-0.3, -0.25) is 0 Å². The van der Waals surface area contributed by atoms with Crippen LogP contribution in [0.15, 0.2) is 60.7 Å². The summed E-state index contributed by atoms with van der Waals surface area (Å²) in [6.45, 7) is 0. The van der Waals surface area contributed by atoms with Gasteiger partial charge in [0.15, 0.2) is 0 Å².